The third-order valence-corrected chi connectivity index (χ3v) is 3.24. The molecule has 1 atom stereocenters. The lowest BCUT2D eigenvalue weighted by atomic mass is 9.93. The van der Waals surface area contributed by atoms with Gasteiger partial charge in [-0.25, -0.2) is 0 Å². The van der Waals surface area contributed by atoms with E-state index in [1.807, 2.05) is 6.07 Å². The molecule has 0 spiro atoms. The van der Waals surface area contributed by atoms with Crippen molar-refractivity contribution in [2.45, 2.75) is 32.7 Å². The van der Waals surface area contributed by atoms with Crippen LogP contribution in [-0.4, -0.2) is 0 Å². The zero-order valence-electron chi connectivity index (χ0n) is 10.4. The highest BCUT2D eigenvalue weighted by atomic mass is 16.3. The van der Waals surface area contributed by atoms with Gasteiger partial charge in [0.1, 0.15) is 0 Å². The van der Waals surface area contributed by atoms with E-state index in [0.717, 1.165) is 18.4 Å². The highest BCUT2D eigenvalue weighted by Crippen LogP contribution is 2.25. The summed E-state index contributed by atoms with van der Waals surface area (Å²) in [6.45, 7) is 4.32. The number of aryl methyl sites for hydroxylation is 2. The van der Waals surface area contributed by atoms with Crippen LogP contribution < -0.4 is 5.73 Å². The number of benzene rings is 1. The molecule has 1 unspecified atom stereocenters. The van der Waals surface area contributed by atoms with Crippen LogP contribution in [0.15, 0.2) is 41.2 Å². The van der Waals surface area contributed by atoms with Gasteiger partial charge >= 0.3 is 0 Å². The first-order valence-corrected chi connectivity index (χ1v) is 6.15. The van der Waals surface area contributed by atoms with Crippen molar-refractivity contribution in [3.63, 3.8) is 0 Å². The number of nitrogens with two attached hydrogens (primary N) is 1. The van der Waals surface area contributed by atoms with E-state index in [0.29, 0.717) is 0 Å². The zero-order valence-corrected chi connectivity index (χ0v) is 10.4. The molecule has 0 radical (unpaired) electrons. The van der Waals surface area contributed by atoms with Crippen LogP contribution in [0.1, 0.15) is 42.1 Å². The minimum atomic E-state index is -0.0878. The molecule has 1 aromatic carbocycles. The smallest absolute Gasteiger partial charge is 0.0953 e. The van der Waals surface area contributed by atoms with Gasteiger partial charge in [0, 0.05) is 5.56 Å². The van der Waals surface area contributed by atoms with E-state index in [4.69, 9.17) is 10.2 Å². The molecular weight excluding hydrogens is 210 g/mol. The summed E-state index contributed by atoms with van der Waals surface area (Å²) >= 11 is 0. The maximum atomic E-state index is 6.30. The monoisotopic (exact) mass is 229 g/mol. The van der Waals surface area contributed by atoms with Gasteiger partial charge in [-0.05, 0) is 35.6 Å². The van der Waals surface area contributed by atoms with Crippen molar-refractivity contribution in [1.29, 1.82) is 0 Å². The quantitative estimate of drug-likeness (QED) is 0.872. The Morgan fingerprint density at radius 3 is 2.59 bits per heavy atom. The third kappa shape index (κ3) is 2.42. The molecule has 90 valence electrons. The SMILES string of the molecule is CCc1ccc(CC)c(C(N)c2ccoc2)c1. The fourth-order valence-electron chi connectivity index (χ4n) is 2.11. The Balaban J connectivity index is 2.41. The van der Waals surface area contributed by atoms with Crippen molar-refractivity contribution in [3.8, 4) is 0 Å². The van der Waals surface area contributed by atoms with Gasteiger partial charge in [0.15, 0.2) is 0 Å². The molecule has 0 bridgehead atoms. The molecule has 2 rings (SSSR count). The lowest BCUT2D eigenvalue weighted by Crippen LogP contribution is -2.13. The van der Waals surface area contributed by atoms with Gasteiger partial charge in [-0.2, -0.15) is 0 Å². The van der Waals surface area contributed by atoms with E-state index in [-0.39, 0.29) is 6.04 Å². The highest BCUT2D eigenvalue weighted by Gasteiger charge is 2.13. The first kappa shape index (κ1) is 11.9. The second-order valence-corrected chi connectivity index (χ2v) is 4.27. The van der Waals surface area contributed by atoms with Gasteiger partial charge in [0.25, 0.3) is 0 Å². The summed E-state index contributed by atoms with van der Waals surface area (Å²) in [7, 11) is 0. The highest BCUT2D eigenvalue weighted by molar-refractivity contribution is 5.39. The van der Waals surface area contributed by atoms with Gasteiger partial charge in [-0.3, -0.25) is 0 Å². The molecule has 0 saturated heterocycles. The van der Waals surface area contributed by atoms with Crippen molar-refractivity contribution in [2.75, 3.05) is 0 Å². The van der Waals surface area contributed by atoms with Crippen LogP contribution in [0.5, 0.6) is 0 Å². The predicted octanol–water partition coefficient (Wildman–Crippen LogP) is 3.45. The molecule has 1 aromatic heterocycles. The maximum Gasteiger partial charge on any atom is 0.0953 e. The molecule has 0 aliphatic rings. The van der Waals surface area contributed by atoms with Crippen molar-refractivity contribution in [1.82, 2.24) is 0 Å². The van der Waals surface area contributed by atoms with Gasteiger partial charge in [0.2, 0.25) is 0 Å². The fraction of sp³-hybridized carbons (Fsp3) is 0.333. The second kappa shape index (κ2) is 5.19. The molecular formula is C15H19NO. The molecule has 2 N–H and O–H groups in total. The standard InChI is InChI=1S/C15H19NO/c1-3-11-5-6-12(4-2)14(9-11)15(16)13-7-8-17-10-13/h5-10,15H,3-4,16H2,1-2H3. The lowest BCUT2D eigenvalue weighted by molar-refractivity contribution is 0.562. The Morgan fingerprint density at radius 2 is 2.00 bits per heavy atom. The van der Waals surface area contributed by atoms with E-state index < -0.39 is 0 Å². The van der Waals surface area contributed by atoms with Crippen LogP contribution in [0.3, 0.4) is 0 Å². The largest absolute Gasteiger partial charge is 0.472 e. The third-order valence-electron chi connectivity index (χ3n) is 3.24. The van der Waals surface area contributed by atoms with E-state index in [2.05, 4.69) is 32.0 Å². The molecule has 2 nitrogen and oxygen atoms in total. The van der Waals surface area contributed by atoms with Crippen molar-refractivity contribution in [2.24, 2.45) is 5.73 Å². The van der Waals surface area contributed by atoms with Crippen LogP contribution in [-0.2, 0) is 12.8 Å². The average Bonchev–Trinajstić information content (AvgIpc) is 2.91. The normalized spacial score (nSPS) is 12.6. The van der Waals surface area contributed by atoms with Crippen molar-refractivity contribution >= 4 is 0 Å². The number of hydrogen-bond acceptors (Lipinski definition) is 2. The summed E-state index contributed by atoms with van der Waals surface area (Å²) < 4.78 is 5.11. The molecule has 0 saturated carbocycles. The van der Waals surface area contributed by atoms with Gasteiger partial charge in [0.05, 0.1) is 18.6 Å². The van der Waals surface area contributed by atoms with E-state index >= 15 is 0 Å². The molecule has 2 heteroatoms. The Kier molecular flexibility index (Phi) is 3.64. The fourth-order valence-corrected chi connectivity index (χ4v) is 2.11. The Morgan fingerprint density at radius 1 is 1.18 bits per heavy atom. The number of furan rings is 1. The van der Waals surface area contributed by atoms with Crippen LogP contribution in [0, 0.1) is 0 Å². The zero-order chi connectivity index (χ0) is 12.3. The van der Waals surface area contributed by atoms with Crippen LogP contribution >= 0.6 is 0 Å². The molecule has 2 aromatic rings. The summed E-state index contributed by atoms with van der Waals surface area (Å²) in [5.74, 6) is 0. The summed E-state index contributed by atoms with van der Waals surface area (Å²) in [6.07, 6.45) is 5.44. The lowest BCUT2D eigenvalue weighted by Gasteiger charge is -2.16. The van der Waals surface area contributed by atoms with E-state index in [1.54, 1.807) is 12.5 Å². The van der Waals surface area contributed by atoms with Gasteiger partial charge < -0.3 is 10.2 Å². The minimum Gasteiger partial charge on any atom is -0.472 e. The second-order valence-electron chi connectivity index (χ2n) is 4.27. The average molecular weight is 229 g/mol. The first-order valence-electron chi connectivity index (χ1n) is 6.15. The summed E-state index contributed by atoms with van der Waals surface area (Å²) in [6, 6.07) is 8.44. The van der Waals surface area contributed by atoms with Gasteiger partial charge in [-0.1, -0.05) is 32.0 Å². The first-order chi connectivity index (χ1) is 8.26. The molecule has 17 heavy (non-hydrogen) atoms. The topological polar surface area (TPSA) is 39.2 Å². The van der Waals surface area contributed by atoms with Crippen molar-refractivity contribution < 1.29 is 4.42 Å². The summed E-state index contributed by atoms with van der Waals surface area (Å²) in [4.78, 5) is 0. The molecule has 0 aliphatic carbocycles. The van der Waals surface area contributed by atoms with E-state index in [9.17, 15) is 0 Å². The summed E-state index contributed by atoms with van der Waals surface area (Å²) in [5, 5.41) is 0. The molecule has 0 amide bonds. The summed E-state index contributed by atoms with van der Waals surface area (Å²) in [5.41, 5.74) is 11.2. The van der Waals surface area contributed by atoms with Crippen molar-refractivity contribution in [3.05, 3.63) is 59.0 Å². The number of rotatable bonds is 4. The maximum absolute atomic E-state index is 6.30. The van der Waals surface area contributed by atoms with Crippen LogP contribution in [0.25, 0.3) is 0 Å². The molecule has 1 heterocycles. The molecule has 0 aliphatic heterocycles. The van der Waals surface area contributed by atoms with Gasteiger partial charge in [-0.15, -0.1) is 0 Å². The predicted molar refractivity (Wildman–Crippen MR) is 69.9 cm³/mol. The Labute approximate surface area is 102 Å². The Bertz CT molecular complexity index is 474. The van der Waals surface area contributed by atoms with Crippen LogP contribution in [0.4, 0.5) is 0 Å². The minimum absolute atomic E-state index is 0.0878. The Hall–Kier alpha value is -1.54. The number of hydrogen-bond donors (Lipinski definition) is 1. The van der Waals surface area contributed by atoms with Crippen LogP contribution in [0.2, 0.25) is 0 Å². The molecule has 0 fully saturated rings. The van der Waals surface area contributed by atoms with E-state index in [1.165, 1.54) is 16.7 Å².